The van der Waals surface area contributed by atoms with E-state index in [1.165, 1.54) is 11.8 Å². The molecule has 4 rings (SSSR count). The number of ketones is 1. The fraction of sp³-hybridized carbons (Fsp3) is 0.190. The van der Waals surface area contributed by atoms with Gasteiger partial charge in [0.25, 0.3) is 5.91 Å². The van der Waals surface area contributed by atoms with E-state index in [0.29, 0.717) is 17.0 Å². The first-order valence-corrected chi connectivity index (χ1v) is 9.75. The van der Waals surface area contributed by atoms with Crippen LogP contribution in [0.4, 0.5) is 5.69 Å². The van der Waals surface area contributed by atoms with Crippen LogP contribution in [-0.2, 0) is 11.8 Å². The molecule has 142 valence electrons. The normalized spacial score (nSPS) is 14.0. The predicted molar refractivity (Wildman–Crippen MR) is 109 cm³/mol. The van der Waals surface area contributed by atoms with Crippen LogP contribution in [0.25, 0.3) is 11.3 Å². The van der Waals surface area contributed by atoms with Gasteiger partial charge in [0.1, 0.15) is 5.75 Å². The van der Waals surface area contributed by atoms with Crippen LogP contribution in [0.2, 0.25) is 0 Å². The van der Waals surface area contributed by atoms with Gasteiger partial charge in [-0.15, -0.1) is 0 Å². The van der Waals surface area contributed by atoms with Gasteiger partial charge in [-0.2, -0.15) is 0 Å². The zero-order valence-electron chi connectivity index (χ0n) is 15.5. The molecule has 1 N–H and O–H groups in total. The third-order valence-corrected chi connectivity index (χ3v) is 5.72. The fourth-order valence-electron chi connectivity index (χ4n) is 3.06. The van der Waals surface area contributed by atoms with Crippen LogP contribution in [0.1, 0.15) is 17.3 Å². The zero-order valence-corrected chi connectivity index (χ0v) is 16.3. The molecule has 0 bridgehead atoms. The average Bonchev–Trinajstić information content (AvgIpc) is 3.07. The molecule has 1 amide bonds. The number of benzene rings is 2. The summed E-state index contributed by atoms with van der Waals surface area (Å²) in [4.78, 5) is 28.9. The Kier molecular flexibility index (Phi) is 4.92. The molecule has 0 radical (unpaired) electrons. The number of aromatic nitrogens is 2. The Morgan fingerprint density at radius 3 is 2.82 bits per heavy atom. The first kappa shape index (κ1) is 18.3. The number of amides is 1. The molecule has 6 nitrogen and oxygen atoms in total. The molecule has 3 aromatic rings. The maximum Gasteiger partial charge on any atom is 0.262 e. The minimum absolute atomic E-state index is 0.00451. The number of anilines is 1. The number of Topliss-reactive ketones (excluding diaryl/α,β-unsaturated/α-hetero) is 1. The first-order valence-electron chi connectivity index (χ1n) is 8.87. The molecule has 1 atom stereocenters. The molecule has 2 aromatic carbocycles. The average molecular weight is 393 g/mol. The first-order chi connectivity index (χ1) is 13.5. The SMILES string of the molecule is CC(Sc1ncc(-c2ccccc2)n1C)C(=O)c1ccc2c(c1)NC(=O)CO2. The standard InChI is InChI=1S/C21H19N3O3S/c1-13(20(26)15-8-9-18-16(10-15)23-19(25)12-27-18)28-21-22-11-17(24(21)2)14-6-4-3-5-7-14/h3-11,13H,12H2,1-2H3,(H,23,25). The molecule has 1 aliphatic rings. The highest BCUT2D eigenvalue weighted by molar-refractivity contribution is 8.00. The number of carbonyl (C=O) groups excluding carboxylic acids is 2. The van der Waals surface area contributed by atoms with Crippen molar-refractivity contribution >= 4 is 29.1 Å². The van der Waals surface area contributed by atoms with E-state index in [4.69, 9.17) is 4.74 Å². The summed E-state index contributed by atoms with van der Waals surface area (Å²) < 4.78 is 7.34. The van der Waals surface area contributed by atoms with Crippen LogP contribution in [0.15, 0.2) is 59.9 Å². The molecule has 0 spiro atoms. The topological polar surface area (TPSA) is 73.2 Å². The monoisotopic (exact) mass is 393 g/mol. The Morgan fingerprint density at radius 2 is 2.04 bits per heavy atom. The highest BCUT2D eigenvalue weighted by Crippen LogP contribution is 2.32. The molecule has 0 saturated heterocycles. The largest absolute Gasteiger partial charge is 0.482 e. The van der Waals surface area contributed by atoms with Gasteiger partial charge in [-0.25, -0.2) is 4.98 Å². The molecule has 7 heteroatoms. The molecule has 2 heterocycles. The number of nitrogens with zero attached hydrogens (tertiary/aromatic N) is 2. The molecule has 1 aliphatic heterocycles. The lowest BCUT2D eigenvalue weighted by Crippen LogP contribution is -2.25. The second-order valence-corrected chi connectivity index (χ2v) is 7.83. The number of rotatable bonds is 5. The smallest absolute Gasteiger partial charge is 0.262 e. The van der Waals surface area contributed by atoms with Gasteiger partial charge in [0.05, 0.1) is 22.8 Å². The molecular weight excluding hydrogens is 374 g/mol. The Morgan fingerprint density at radius 1 is 1.25 bits per heavy atom. The lowest BCUT2D eigenvalue weighted by Gasteiger charge is -2.19. The van der Waals surface area contributed by atoms with Crippen LogP contribution in [0.5, 0.6) is 5.75 Å². The van der Waals surface area contributed by atoms with Crippen molar-refractivity contribution in [1.29, 1.82) is 0 Å². The number of fused-ring (bicyclic) bond motifs is 1. The summed E-state index contributed by atoms with van der Waals surface area (Å²) >= 11 is 1.41. The van der Waals surface area contributed by atoms with Crippen LogP contribution >= 0.6 is 11.8 Å². The van der Waals surface area contributed by atoms with Gasteiger partial charge in [0.2, 0.25) is 0 Å². The lowest BCUT2D eigenvalue weighted by atomic mass is 10.1. The van der Waals surface area contributed by atoms with Gasteiger partial charge in [-0.3, -0.25) is 9.59 Å². The van der Waals surface area contributed by atoms with Crippen molar-refractivity contribution in [3.05, 3.63) is 60.3 Å². The maximum atomic E-state index is 12.9. The van der Waals surface area contributed by atoms with Gasteiger partial charge in [-0.05, 0) is 30.7 Å². The summed E-state index contributed by atoms with van der Waals surface area (Å²) in [5.41, 5.74) is 3.13. The molecule has 0 fully saturated rings. The number of imidazole rings is 1. The number of thioether (sulfide) groups is 1. The third kappa shape index (κ3) is 3.53. The van der Waals surface area contributed by atoms with Gasteiger partial charge in [-0.1, -0.05) is 42.1 Å². The molecule has 0 aliphatic carbocycles. The van der Waals surface area contributed by atoms with E-state index in [1.807, 2.05) is 55.1 Å². The summed E-state index contributed by atoms with van der Waals surface area (Å²) in [6.45, 7) is 1.86. The summed E-state index contributed by atoms with van der Waals surface area (Å²) in [6.07, 6.45) is 1.82. The van der Waals surface area contributed by atoms with E-state index in [2.05, 4.69) is 10.3 Å². The van der Waals surface area contributed by atoms with Crippen molar-refractivity contribution in [1.82, 2.24) is 9.55 Å². The van der Waals surface area contributed by atoms with Crippen LogP contribution in [-0.4, -0.2) is 33.1 Å². The molecule has 1 unspecified atom stereocenters. The Hall–Kier alpha value is -3.06. The van der Waals surface area contributed by atoms with E-state index in [-0.39, 0.29) is 23.5 Å². The lowest BCUT2D eigenvalue weighted by molar-refractivity contribution is -0.118. The molecular formula is C21H19N3O3S. The third-order valence-electron chi connectivity index (χ3n) is 4.56. The molecule has 28 heavy (non-hydrogen) atoms. The predicted octanol–water partition coefficient (Wildman–Crippen LogP) is 3.78. The minimum Gasteiger partial charge on any atom is -0.482 e. The van der Waals surface area contributed by atoms with E-state index in [9.17, 15) is 9.59 Å². The second kappa shape index (κ2) is 7.52. The quantitative estimate of drug-likeness (QED) is 0.527. The van der Waals surface area contributed by atoms with Gasteiger partial charge >= 0.3 is 0 Å². The maximum absolute atomic E-state index is 12.9. The summed E-state index contributed by atoms with van der Waals surface area (Å²) in [5, 5.41) is 3.18. The Labute approximate surface area is 166 Å². The van der Waals surface area contributed by atoms with Crippen molar-refractivity contribution < 1.29 is 14.3 Å². The number of hydrogen-bond acceptors (Lipinski definition) is 5. The van der Waals surface area contributed by atoms with Gasteiger partial charge in [0.15, 0.2) is 17.5 Å². The molecule has 0 saturated carbocycles. The second-order valence-electron chi connectivity index (χ2n) is 6.52. The number of hydrogen-bond donors (Lipinski definition) is 1. The number of ether oxygens (including phenoxy) is 1. The van der Waals surface area contributed by atoms with Crippen molar-refractivity contribution in [3.8, 4) is 17.0 Å². The van der Waals surface area contributed by atoms with Crippen LogP contribution < -0.4 is 10.1 Å². The molecule has 1 aromatic heterocycles. The van der Waals surface area contributed by atoms with E-state index >= 15 is 0 Å². The van der Waals surface area contributed by atoms with Crippen molar-refractivity contribution in [3.63, 3.8) is 0 Å². The number of nitrogens with one attached hydrogen (secondary N) is 1. The van der Waals surface area contributed by atoms with Crippen molar-refractivity contribution in [2.75, 3.05) is 11.9 Å². The zero-order chi connectivity index (χ0) is 19.7. The van der Waals surface area contributed by atoms with E-state index < -0.39 is 0 Å². The van der Waals surface area contributed by atoms with Gasteiger partial charge < -0.3 is 14.6 Å². The Balaban J connectivity index is 1.52. The fourth-order valence-corrected chi connectivity index (χ4v) is 3.99. The minimum atomic E-state index is -0.331. The summed E-state index contributed by atoms with van der Waals surface area (Å²) in [7, 11) is 1.95. The Bertz CT molecular complexity index is 1050. The van der Waals surface area contributed by atoms with Crippen LogP contribution in [0, 0.1) is 0 Å². The summed E-state index contributed by atoms with van der Waals surface area (Å²) in [6, 6.07) is 15.1. The highest BCUT2D eigenvalue weighted by Gasteiger charge is 2.22. The van der Waals surface area contributed by atoms with E-state index in [1.54, 1.807) is 18.2 Å². The van der Waals surface area contributed by atoms with Crippen LogP contribution in [0.3, 0.4) is 0 Å². The van der Waals surface area contributed by atoms with Crippen molar-refractivity contribution in [2.24, 2.45) is 7.05 Å². The van der Waals surface area contributed by atoms with Crippen molar-refractivity contribution in [2.45, 2.75) is 17.3 Å². The van der Waals surface area contributed by atoms with Gasteiger partial charge in [0, 0.05) is 12.6 Å². The van der Waals surface area contributed by atoms with E-state index in [0.717, 1.165) is 16.4 Å². The number of carbonyl (C=O) groups is 2. The highest BCUT2D eigenvalue weighted by atomic mass is 32.2. The summed E-state index contributed by atoms with van der Waals surface area (Å²) in [5.74, 6) is 0.325.